The van der Waals surface area contributed by atoms with E-state index < -0.39 is 0 Å². The number of likely N-dealkylation sites (tertiary alicyclic amines) is 1. The molecule has 0 bridgehead atoms. The molecule has 110 valence electrons. The van der Waals surface area contributed by atoms with Gasteiger partial charge in [-0.05, 0) is 51.1 Å². The third-order valence-corrected chi connectivity index (χ3v) is 5.48. The van der Waals surface area contributed by atoms with Gasteiger partial charge >= 0.3 is 0 Å². The maximum Gasteiger partial charge on any atom is 0.261 e. The lowest BCUT2D eigenvalue weighted by molar-refractivity contribution is 0.123. The predicted molar refractivity (Wildman–Crippen MR) is 86.7 cm³/mol. The molecule has 0 radical (unpaired) electrons. The molecule has 2 aliphatic rings. The molecule has 2 aromatic rings. The lowest BCUT2D eigenvalue weighted by Crippen LogP contribution is -2.47. The Morgan fingerprint density at radius 2 is 2.14 bits per heavy atom. The summed E-state index contributed by atoms with van der Waals surface area (Å²) in [4.78, 5) is 20.1. The lowest BCUT2D eigenvalue weighted by Gasteiger charge is -2.42. The van der Waals surface area contributed by atoms with E-state index in [1.54, 1.807) is 0 Å². The molecule has 1 aromatic carbocycles. The van der Waals surface area contributed by atoms with Crippen LogP contribution < -0.4 is 5.56 Å². The van der Waals surface area contributed by atoms with Crippen LogP contribution in [0.15, 0.2) is 27.5 Å². The van der Waals surface area contributed by atoms with Crippen molar-refractivity contribution < 1.29 is 0 Å². The lowest BCUT2D eigenvalue weighted by atomic mass is 9.84. The second-order valence-corrected chi connectivity index (χ2v) is 7.09. The molecule has 0 unspecified atom stereocenters. The van der Waals surface area contributed by atoms with Crippen LogP contribution in [-0.2, 0) is 6.54 Å². The first-order valence-electron chi connectivity index (χ1n) is 7.55. The van der Waals surface area contributed by atoms with Gasteiger partial charge in [0.15, 0.2) is 0 Å². The van der Waals surface area contributed by atoms with Crippen LogP contribution in [-0.4, -0.2) is 34.1 Å². The summed E-state index contributed by atoms with van der Waals surface area (Å²) in [7, 11) is 2.20. The number of nitrogens with zero attached hydrogens (tertiary/aromatic N) is 3. The van der Waals surface area contributed by atoms with Gasteiger partial charge in [0.05, 0.1) is 10.9 Å². The van der Waals surface area contributed by atoms with Gasteiger partial charge in [-0.25, -0.2) is 4.98 Å². The van der Waals surface area contributed by atoms with Gasteiger partial charge in [0.1, 0.15) is 5.82 Å². The Morgan fingerprint density at radius 1 is 1.29 bits per heavy atom. The quantitative estimate of drug-likeness (QED) is 0.735. The SMILES string of the molecule is CN1CCC[C@H]2c3nc4ccc(Br)cc4c(=O)n3CC[C@H]21. The van der Waals surface area contributed by atoms with Crippen LogP contribution >= 0.6 is 15.9 Å². The standard InChI is InChI=1S/C16H18BrN3O/c1-19-7-2-3-11-14(19)6-8-20-15(11)18-13-5-4-10(17)9-12(13)16(20)21/h4-5,9,11,14H,2-3,6-8H2,1H3/t11-,14-/m1/s1. The van der Waals surface area contributed by atoms with Crippen molar-refractivity contribution in [1.29, 1.82) is 0 Å². The summed E-state index contributed by atoms with van der Waals surface area (Å²) in [5, 5.41) is 0.718. The van der Waals surface area contributed by atoms with Crippen LogP contribution in [0.1, 0.15) is 31.0 Å². The summed E-state index contributed by atoms with van der Waals surface area (Å²) in [6.45, 7) is 1.95. The molecule has 0 N–H and O–H groups in total. The van der Waals surface area contributed by atoms with Crippen molar-refractivity contribution in [1.82, 2.24) is 14.5 Å². The Balaban J connectivity index is 1.94. The van der Waals surface area contributed by atoms with Crippen molar-refractivity contribution in [2.24, 2.45) is 0 Å². The summed E-state index contributed by atoms with van der Waals surface area (Å²) in [5.74, 6) is 1.40. The summed E-state index contributed by atoms with van der Waals surface area (Å²) < 4.78 is 2.84. The van der Waals surface area contributed by atoms with Crippen molar-refractivity contribution >= 4 is 26.8 Å². The van der Waals surface area contributed by atoms with E-state index in [0.717, 1.165) is 47.1 Å². The number of halogens is 1. The van der Waals surface area contributed by atoms with Crippen molar-refractivity contribution in [3.05, 3.63) is 38.9 Å². The molecular formula is C16H18BrN3O. The third-order valence-electron chi connectivity index (χ3n) is 4.98. The fourth-order valence-corrected chi connectivity index (χ4v) is 4.28. The van der Waals surface area contributed by atoms with Crippen LogP contribution in [0.4, 0.5) is 0 Å². The number of aromatic nitrogens is 2. The molecule has 2 aliphatic heterocycles. The zero-order chi connectivity index (χ0) is 14.6. The minimum absolute atomic E-state index is 0.114. The van der Waals surface area contributed by atoms with Gasteiger partial charge in [-0.15, -0.1) is 0 Å². The smallest absolute Gasteiger partial charge is 0.261 e. The minimum Gasteiger partial charge on any atom is -0.303 e. The van der Waals surface area contributed by atoms with Crippen LogP contribution in [0.25, 0.3) is 10.9 Å². The fraction of sp³-hybridized carbons (Fsp3) is 0.500. The molecule has 0 spiro atoms. The molecule has 3 heterocycles. The number of hydrogen-bond donors (Lipinski definition) is 0. The largest absolute Gasteiger partial charge is 0.303 e. The van der Waals surface area contributed by atoms with Crippen LogP contribution in [0.3, 0.4) is 0 Å². The van der Waals surface area contributed by atoms with E-state index >= 15 is 0 Å². The molecule has 1 fully saturated rings. The molecule has 0 aliphatic carbocycles. The van der Waals surface area contributed by atoms with E-state index in [-0.39, 0.29) is 5.56 Å². The Morgan fingerprint density at radius 3 is 3.00 bits per heavy atom. The van der Waals surface area contributed by atoms with Crippen LogP contribution in [0, 0.1) is 0 Å². The van der Waals surface area contributed by atoms with Gasteiger partial charge in [0.25, 0.3) is 5.56 Å². The first-order chi connectivity index (χ1) is 10.1. The molecule has 2 atom stereocenters. The van der Waals surface area contributed by atoms with E-state index in [1.807, 2.05) is 22.8 Å². The zero-order valence-corrected chi connectivity index (χ0v) is 13.6. The number of likely N-dealkylation sites (N-methyl/N-ethyl adjacent to an activating group) is 1. The van der Waals surface area contributed by atoms with Gasteiger partial charge in [-0.2, -0.15) is 0 Å². The van der Waals surface area contributed by atoms with Crippen molar-refractivity contribution in [2.75, 3.05) is 13.6 Å². The van der Waals surface area contributed by atoms with Gasteiger partial charge in [0.2, 0.25) is 0 Å². The van der Waals surface area contributed by atoms with Crippen molar-refractivity contribution in [2.45, 2.75) is 37.8 Å². The number of piperidine rings is 1. The highest BCUT2D eigenvalue weighted by molar-refractivity contribution is 9.10. The number of rotatable bonds is 0. The van der Waals surface area contributed by atoms with E-state index in [9.17, 15) is 4.79 Å². The number of hydrogen-bond acceptors (Lipinski definition) is 3. The highest BCUT2D eigenvalue weighted by Crippen LogP contribution is 2.36. The molecule has 5 heteroatoms. The molecule has 1 saturated heterocycles. The average molecular weight is 348 g/mol. The Bertz CT molecular complexity index is 770. The van der Waals surface area contributed by atoms with E-state index in [1.165, 1.54) is 6.42 Å². The Labute approximate surface area is 131 Å². The van der Waals surface area contributed by atoms with E-state index in [2.05, 4.69) is 27.9 Å². The molecule has 1 aromatic heterocycles. The maximum absolute atomic E-state index is 12.8. The number of benzene rings is 1. The first kappa shape index (κ1) is 13.5. The highest BCUT2D eigenvalue weighted by Gasteiger charge is 2.36. The van der Waals surface area contributed by atoms with Crippen molar-refractivity contribution in [3.8, 4) is 0 Å². The normalized spacial score (nSPS) is 25.6. The van der Waals surface area contributed by atoms with Crippen molar-refractivity contribution in [3.63, 3.8) is 0 Å². The summed E-state index contributed by atoms with van der Waals surface area (Å²) >= 11 is 3.44. The second kappa shape index (κ2) is 4.92. The molecule has 4 rings (SSSR count). The minimum atomic E-state index is 0.114. The Hall–Kier alpha value is -1.20. The second-order valence-electron chi connectivity index (χ2n) is 6.17. The first-order valence-corrected chi connectivity index (χ1v) is 8.34. The Kier molecular flexibility index (Phi) is 3.15. The molecule has 0 amide bonds. The monoisotopic (exact) mass is 347 g/mol. The van der Waals surface area contributed by atoms with E-state index in [4.69, 9.17) is 4.98 Å². The highest BCUT2D eigenvalue weighted by atomic mass is 79.9. The molecule has 21 heavy (non-hydrogen) atoms. The average Bonchev–Trinajstić information content (AvgIpc) is 2.48. The zero-order valence-electron chi connectivity index (χ0n) is 12.1. The summed E-state index contributed by atoms with van der Waals surface area (Å²) in [6.07, 6.45) is 3.38. The molecule has 4 nitrogen and oxygen atoms in total. The molecule has 0 saturated carbocycles. The number of fused-ring (bicyclic) bond motifs is 4. The molecular weight excluding hydrogens is 330 g/mol. The van der Waals surface area contributed by atoms with Gasteiger partial charge in [0, 0.05) is 23.0 Å². The van der Waals surface area contributed by atoms with Gasteiger partial charge in [-0.1, -0.05) is 15.9 Å². The topological polar surface area (TPSA) is 38.1 Å². The van der Waals surface area contributed by atoms with Gasteiger partial charge in [-0.3, -0.25) is 9.36 Å². The predicted octanol–water partition coefficient (Wildman–Crippen LogP) is 2.74. The van der Waals surface area contributed by atoms with E-state index in [0.29, 0.717) is 12.0 Å². The van der Waals surface area contributed by atoms with Crippen LogP contribution in [0.2, 0.25) is 0 Å². The van der Waals surface area contributed by atoms with Crippen LogP contribution in [0.5, 0.6) is 0 Å². The maximum atomic E-state index is 12.8. The fourth-order valence-electron chi connectivity index (χ4n) is 3.92. The third kappa shape index (κ3) is 2.06. The van der Waals surface area contributed by atoms with Gasteiger partial charge < -0.3 is 4.90 Å². The summed E-state index contributed by atoms with van der Waals surface area (Å²) in [5.41, 5.74) is 0.936. The summed E-state index contributed by atoms with van der Waals surface area (Å²) in [6, 6.07) is 6.33.